The summed E-state index contributed by atoms with van der Waals surface area (Å²) in [6.07, 6.45) is 2.00. The standard InChI is InChI=1S/C51H35N3/c1-4-17-35(18-5-1)45-33-46(53-50(52-45)36-19-6-2-7-20-36)37-28-30-40-44(32-37)51(43-31-29-34-16-10-11-23-39(34)49(40)43)41-24-12-14-26-47(41)54(38-21-8-3-9-22-38)48-27-15-13-25-42(48)51/h1-33,50,52H. The highest BCUT2D eigenvalue weighted by molar-refractivity contribution is 6.14. The molecule has 1 N–H and O–H groups in total. The van der Waals surface area contributed by atoms with Gasteiger partial charge < -0.3 is 10.2 Å². The second kappa shape index (κ2) is 12.0. The minimum Gasteiger partial charge on any atom is -0.360 e. The van der Waals surface area contributed by atoms with Crippen molar-refractivity contribution >= 4 is 39.2 Å². The number of benzene rings is 8. The molecule has 2 aliphatic heterocycles. The molecule has 0 fully saturated rings. The number of para-hydroxylation sites is 3. The largest absolute Gasteiger partial charge is 0.360 e. The normalized spacial score (nSPS) is 16.1. The fourth-order valence-electron chi connectivity index (χ4n) is 9.20. The SMILES string of the molecule is C1=C(c2ccccc2)NC(c2ccccc2)N=C1c1ccc2c(c1)C1(c3ccccc3N(c3ccccc3)c3ccccc31)c1ccc3ccccc3c1-2. The predicted octanol–water partition coefficient (Wildman–Crippen LogP) is 12.1. The first kappa shape index (κ1) is 30.6. The van der Waals surface area contributed by atoms with Gasteiger partial charge in [0.15, 0.2) is 0 Å². The molecule has 0 saturated heterocycles. The summed E-state index contributed by atoms with van der Waals surface area (Å²) in [6, 6.07) is 70.6. The first-order chi connectivity index (χ1) is 26.8. The van der Waals surface area contributed by atoms with Gasteiger partial charge in [0, 0.05) is 16.9 Å². The van der Waals surface area contributed by atoms with Crippen LogP contribution in [0.4, 0.5) is 17.1 Å². The first-order valence-corrected chi connectivity index (χ1v) is 18.7. The van der Waals surface area contributed by atoms with E-state index in [4.69, 9.17) is 4.99 Å². The molecule has 0 saturated carbocycles. The van der Waals surface area contributed by atoms with Crippen LogP contribution in [-0.4, -0.2) is 5.71 Å². The van der Waals surface area contributed by atoms with Gasteiger partial charge in [-0.3, -0.25) is 4.99 Å². The van der Waals surface area contributed by atoms with Crippen molar-refractivity contribution in [2.24, 2.45) is 4.99 Å². The molecule has 3 nitrogen and oxygen atoms in total. The van der Waals surface area contributed by atoms with Crippen molar-refractivity contribution in [1.29, 1.82) is 0 Å². The van der Waals surface area contributed by atoms with Crippen LogP contribution >= 0.6 is 0 Å². The topological polar surface area (TPSA) is 27.6 Å². The summed E-state index contributed by atoms with van der Waals surface area (Å²) in [5, 5.41) is 6.26. The Morgan fingerprint density at radius 1 is 0.500 bits per heavy atom. The van der Waals surface area contributed by atoms with E-state index in [0.717, 1.165) is 33.8 Å². The van der Waals surface area contributed by atoms with Crippen LogP contribution in [0.15, 0.2) is 205 Å². The lowest BCUT2D eigenvalue weighted by Crippen LogP contribution is -2.36. The molecule has 0 radical (unpaired) electrons. The zero-order valence-electron chi connectivity index (χ0n) is 29.5. The zero-order valence-corrected chi connectivity index (χ0v) is 29.5. The molecule has 8 aromatic carbocycles. The van der Waals surface area contributed by atoms with Crippen molar-refractivity contribution in [3.8, 4) is 11.1 Å². The Morgan fingerprint density at radius 3 is 1.87 bits per heavy atom. The molecule has 1 unspecified atom stereocenters. The van der Waals surface area contributed by atoms with Crippen molar-refractivity contribution in [2.45, 2.75) is 11.6 Å². The number of hydrogen-bond acceptors (Lipinski definition) is 3. The van der Waals surface area contributed by atoms with Gasteiger partial charge in [0.25, 0.3) is 0 Å². The highest BCUT2D eigenvalue weighted by atomic mass is 15.2. The number of hydrogen-bond donors (Lipinski definition) is 1. The number of allylic oxidation sites excluding steroid dienone is 1. The van der Waals surface area contributed by atoms with E-state index in [1.165, 1.54) is 55.5 Å². The quantitative estimate of drug-likeness (QED) is 0.199. The second-order valence-electron chi connectivity index (χ2n) is 14.3. The van der Waals surface area contributed by atoms with Crippen molar-refractivity contribution in [2.75, 3.05) is 4.90 Å². The van der Waals surface area contributed by atoms with Gasteiger partial charge in [-0.05, 0) is 91.7 Å². The number of aliphatic imine (C=N–C) groups is 1. The average Bonchev–Trinajstić information content (AvgIpc) is 3.55. The molecule has 0 amide bonds. The summed E-state index contributed by atoms with van der Waals surface area (Å²) >= 11 is 0. The number of fused-ring (bicyclic) bond motifs is 11. The molecule has 1 atom stereocenters. The van der Waals surface area contributed by atoms with Gasteiger partial charge in [-0.2, -0.15) is 0 Å². The molecular formula is C51H35N3. The van der Waals surface area contributed by atoms with Crippen LogP contribution in [0.25, 0.3) is 27.6 Å². The van der Waals surface area contributed by atoms with Crippen molar-refractivity contribution in [3.05, 3.63) is 239 Å². The summed E-state index contributed by atoms with van der Waals surface area (Å²) in [5.74, 6) is 0. The fraction of sp³-hybridized carbons (Fsp3) is 0.0392. The molecule has 0 bridgehead atoms. The zero-order chi connectivity index (χ0) is 35.6. The van der Waals surface area contributed by atoms with E-state index in [1.54, 1.807) is 0 Å². The molecule has 1 aliphatic carbocycles. The minimum atomic E-state index is -0.568. The Labute approximate surface area is 315 Å². The highest BCUT2D eigenvalue weighted by Crippen LogP contribution is 2.64. The molecule has 3 heteroatoms. The van der Waals surface area contributed by atoms with Crippen LogP contribution in [0.3, 0.4) is 0 Å². The van der Waals surface area contributed by atoms with Crippen LogP contribution in [0, 0.1) is 0 Å². The molecule has 2 heterocycles. The van der Waals surface area contributed by atoms with E-state index >= 15 is 0 Å². The Bertz CT molecular complexity index is 2750. The van der Waals surface area contributed by atoms with Crippen molar-refractivity contribution < 1.29 is 0 Å². The monoisotopic (exact) mass is 689 g/mol. The summed E-state index contributed by atoms with van der Waals surface area (Å²) in [7, 11) is 0. The number of nitrogens with zero attached hydrogens (tertiary/aromatic N) is 2. The predicted molar refractivity (Wildman–Crippen MR) is 223 cm³/mol. The molecule has 11 rings (SSSR count). The van der Waals surface area contributed by atoms with E-state index in [1.807, 2.05) is 0 Å². The maximum Gasteiger partial charge on any atom is 0.145 e. The molecule has 0 aromatic heterocycles. The lowest BCUT2D eigenvalue weighted by atomic mass is 9.64. The smallest absolute Gasteiger partial charge is 0.145 e. The van der Waals surface area contributed by atoms with Crippen LogP contribution < -0.4 is 10.2 Å². The first-order valence-electron chi connectivity index (χ1n) is 18.7. The third-order valence-electron chi connectivity index (χ3n) is 11.5. The maximum absolute atomic E-state index is 5.42. The van der Waals surface area contributed by atoms with E-state index < -0.39 is 5.41 Å². The lowest BCUT2D eigenvalue weighted by molar-refractivity contribution is 0.664. The van der Waals surface area contributed by atoms with Gasteiger partial charge in [0.1, 0.15) is 6.17 Å². The van der Waals surface area contributed by atoms with Crippen molar-refractivity contribution in [3.63, 3.8) is 0 Å². The molecule has 54 heavy (non-hydrogen) atoms. The number of nitrogens with one attached hydrogen (secondary N) is 1. The van der Waals surface area contributed by atoms with Gasteiger partial charge in [-0.15, -0.1) is 0 Å². The Hall–Kier alpha value is -6.97. The Morgan fingerprint density at radius 2 is 1.13 bits per heavy atom. The van der Waals surface area contributed by atoms with Crippen molar-refractivity contribution in [1.82, 2.24) is 5.32 Å². The van der Waals surface area contributed by atoms with Crippen LogP contribution in [0.2, 0.25) is 0 Å². The van der Waals surface area contributed by atoms with E-state index in [0.29, 0.717) is 0 Å². The van der Waals surface area contributed by atoms with Crippen LogP contribution in [-0.2, 0) is 5.41 Å². The van der Waals surface area contributed by atoms with E-state index in [9.17, 15) is 0 Å². The third kappa shape index (κ3) is 4.45. The maximum atomic E-state index is 5.42. The third-order valence-corrected chi connectivity index (χ3v) is 11.5. The Balaban J connectivity index is 1.21. The van der Waals surface area contributed by atoms with Crippen LogP contribution in [0.5, 0.6) is 0 Å². The fourth-order valence-corrected chi connectivity index (χ4v) is 9.20. The van der Waals surface area contributed by atoms with Gasteiger partial charge in [-0.1, -0.05) is 164 Å². The summed E-state index contributed by atoms with van der Waals surface area (Å²) in [6.45, 7) is 0. The van der Waals surface area contributed by atoms with Crippen LogP contribution in [0.1, 0.15) is 45.1 Å². The molecule has 3 aliphatic rings. The second-order valence-corrected chi connectivity index (χ2v) is 14.3. The molecule has 8 aromatic rings. The summed E-state index contributed by atoms with van der Waals surface area (Å²) in [5.41, 5.74) is 16.1. The summed E-state index contributed by atoms with van der Waals surface area (Å²) < 4.78 is 0. The minimum absolute atomic E-state index is 0.222. The Kier molecular flexibility index (Phi) is 6.83. The van der Waals surface area contributed by atoms with E-state index in [2.05, 4.69) is 210 Å². The molecular weight excluding hydrogens is 655 g/mol. The molecule has 254 valence electrons. The lowest BCUT2D eigenvalue weighted by Gasteiger charge is -2.45. The van der Waals surface area contributed by atoms with E-state index in [-0.39, 0.29) is 6.17 Å². The van der Waals surface area contributed by atoms with Gasteiger partial charge in [0.05, 0.1) is 22.5 Å². The molecule has 1 spiro atoms. The highest BCUT2D eigenvalue weighted by Gasteiger charge is 2.52. The van der Waals surface area contributed by atoms with Gasteiger partial charge >= 0.3 is 0 Å². The number of rotatable bonds is 4. The summed E-state index contributed by atoms with van der Waals surface area (Å²) in [4.78, 5) is 7.86. The average molecular weight is 690 g/mol. The van der Waals surface area contributed by atoms with Gasteiger partial charge in [0.2, 0.25) is 0 Å². The number of anilines is 3. The van der Waals surface area contributed by atoms with Gasteiger partial charge in [-0.25, -0.2) is 0 Å².